The molecule has 0 bridgehead atoms. The minimum Gasteiger partial charge on any atom is -0.368 e. The molecular weight excluding hydrogens is 546 g/mol. The smallest absolute Gasteiger partial charge is 0.251 e. The number of fused-ring (bicyclic) bond motifs is 1. The summed E-state index contributed by atoms with van der Waals surface area (Å²) in [5, 5.41) is 22.6. The number of amidine groups is 1. The van der Waals surface area contributed by atoms with Crippen molar-refractivity contribution >= 4 is 39.5 Å². The Morgan fingerprint density at radius 1 is 1.00 bits per heavy atom. The monoisotopic (exact) mass is 585 g/mol. The number of hydrogen-bond acceptors (Lipinski definition) is 6. The number of nitrogens with zero attached hydrogens (tertiary/aromatic N) is 2. The molecule has 220 valence electrons. The molecule has 0 saturated heterocycles. The van der Waals surface area contributed by atoms with Crippen LogP contribution in [0.1, 0.15) is 53.1 Å². The Hall–Kier alpha value is -4.15. The Bertz CT molecular complexity index is 1500. The molecule has 5 N–H and O–H groups in total. The van der Waals surface area contributed by atoms with E-state index >= 15 is 0 Å². The van der Waals surface area contributed by atoms with Crippen molar-refractivity contribution in [3.05, 3.63) is 102 Å². The van der Waals surface area contributed by atoms with Crippen molar-refractivity contribution in [2.75, 3.05) is 12.8 Å². The zero-order valence-corrected chi connectivity index (χ0v) is 25.1. The number of aryl methyl sites for hydroxylation is 1. The normalized spacial score (nSPS) is 12.5. The van der Waals surface area contributed by atoms with Crippen LogP contribution in [-0.4, -0.2) is 45.4 Å². The number of carbonyl (C=O) groups is 2. The summed E-state index contributed by atoms with van der Waals surface area (Å²) < 4.78 is 1.97. The fraction of sp³-hybridized carbons (Fsp3) is 0.312. The first kappa shape index (κ1) is 30.8. The molecule has 2 amide bonds. The number of nitrogens with one attached hydrogen (secondary N) is 5. The highest BCUT2D eigenvalue weighted by molar-refractivity contribution is 8.13. The van der Waals surface area contributed by atoms with Crippen molar-refractivity contribution in [3.8, 4) is 0 Å². The molecule has 0 aliphatic heterocycles. The second kappa shape index (κ2) is 15.2. The molecule has 42 heavy (non-hydrogen) atoms. The molecule has 0 fully saturated rings. The molecule has 10 heteroatoms. The summed E-state index contributed by atoms with van der Waals surface area (Å²) in [6.45, 7) is 3.25. The fourth-order valence-electron chi connectivity index (χ4n) is 4.72. The van der Waals surface area contributed by atoms with Crippen LogP contribution in [0.5, 0.6) is 0 Å². The van der Waals surface area contributed by atoms with Crippen LogP contribution < -0.4 is 21.3 Å². The molecule has 4 aromatic rings. The van der Waals surface area contributed by atoms with Crippen LogP contribution >= 0.6 is 11.8 Å². The largest absolute Gasteiger partial charge is 0.368 e. The zero-order valence-electron chi connectivity index (χ0n) is 24.3. The van der Waals surface area contributed by atoms with Gasteiger partial charge in [-0.3, -0.25) is 15.0 Å². The molecule has 4 rings (SSSR count). The molecule has 1 heterocycles. The van der Waals surface area contributed by atoms with Gasteiger partial charge in [0, 0.05) is 44.4 Å². The Labute approximate surface area is 251 Å². The maximum atomic E-state index is 13.5. The first-order valence-electron chi connectivity index (χ1n) is 14.1. The second-order valence-electron chi connectivity index (χ2n) is 10.1. The number of hydrogen-bond donors (Lipinski definition) is 5. The van der Waals surface area contributed by atoms with Gasteiger partial charge in [0.1, 0.15) is 11.9 Å². The Morgan fingerprint density at radius 3 is 2.50 bits per heavy atom. The molecule has 0 radical (unpaired) electrons. The quantitative estimate of drug-likeness (QED) is 0.0894. The first-order valence-corrected chi connectivity index (χ1v) is 15.1. The van der Waals surface area contributed by atoms with Crippen LogP contribution in [0.3, 0.4) is 0 Å². The van der Waals surface area contributed by atoms with E-state index in [0.29, 0.717) is 42.4 Å². The lowest BCUT2D eigenvalue weighted by Gasteiger charge is -2.22. The van der Waals surface area contributed by atoms with E-state index in [1.165, 1.54) is 11.8 Å². The number of thioether (sulfide) groups is 1. The van der Waals surface area contributed by atoms with Crippen molar-refractivity contribution in [1.29, 1.82) is 5.41 Å². The summed E-state index contributed by atoms with van der Waals surface area (Å²) in [5.74, 6) is 1.09. The number of carbonyl (C=O) groups excluding carboxylic acids is 2. The number of amides is 2. The fourth-order valence-corrected chi connectivity index (χ4v) is 5.38. The number of aromatic nitrogens is 2. The molecule has 0 spiro atoms. The van der Waals surface area contributed by atoms with E-state index in [-0.39, 0.29) is 17.9 Å². The number of imidazole rings is 1. The topological polar surface area (TPSA) is 124 Å². The van der Waals surface area contributed by atoms with Gasteiger partial charge in [-0.1, -0.05) is 66.4 Å². The lowest BCUT2D eigenvalue weighted by atomic mass is 9.99. The lowest BCUT2D eigenvalue weighted by Crippen LogP contribution is -2.47. The van der Waals surface area contributed by atoms with Crippen molar-refractivity contribution in [2.24, 2.45) is 7.05 Å². The average molecular weight is 586 g/mol. The van der Waals surface area contributed by atoms with Crippen molar-refractivity contribution in [2.45, 2.75) is 44.9 Å². The summed E-state index contributed by atoms with van der Waals surface area (Å²) in [4.78, 5) is 31.0. The van der Waals surface area contributed by atoms with E-state index in [2.05, 4.69) is 44.5 Å². The molecule has 3 aromatic carbocycles. The van der Waals surface area contributed by atoms with Crippen LogP contribution in [0, 0.1) is 5.41 Å². The molecule has 0 aliphatic carbocycles. The zero-order chi connectivity index (χ0) is 29.9. The van der Waals surface area contributed by atoms with E-state index in [0.717, 1.165) is 27.7 Å². The van der Waals surface area contributed by atoms with Crippen molar-refractivity contribution in [3.63, 3.8) is 0 Å². The number of rotatable bonds is 13. The average Bonchev–Trinajstić information content (AvgIpc) is 3.42. The van der Waals surface area contributed by atoms with Gasteiger partial charge in [-0.15, -0.1) is 0 Å². The van der Waals surface area contributed by atoms with Gasteiger partial charge >= 0.3 is 0 Å². The highest BCUT2D eigenvalue weighted by Gasteiger charge is 2.23. The van der Waals surface area contributed by atoms with Crippen LogP contribution in [0.2, 0.25) is 0 Å². The van der Waals surface area contributed by atoms with Gasteiger partial charge in [0.05, 0.1) is 12.6 Å². The minimum absolute atomic E-state index is 0.229. The standard InChI is InChI=1S/C32H39N7O2S/c1-22(26-11-6-9-24-8-4-5-10-27(24)26)37-31(41)28(12-7-19-42-32(33)34-2)38-30(40)25-15-13-23(14-16-25)20-35-21-29-36-17-18-39(29)3/h4-6,8-11,13-18,22,28,35H,7,12,19-21H2,1-3H3,(H2,33,34)(H,37,41)(H,38,40)/t22-,28-/m0/s1. The van der Waals surface area contributed by atoms with Crippen molar-refractivity contribution < 1.29 is 9.59 Å². The molecule has 0 aliphatic rings. The lowest BCUT2D eigenvalue weighted by molar-refractivity contribution is -0.123. The molecular formula is C32H39N7O2S. The summed E-state index contributed by atoms with van der Waals surface area (Å²) in [6, 6.07) is 20.6. The van der Waals surface area contributed by atoms with Gasteiger partial charge in [0.25, 0.3) is 5.91 Å². The Morgan fingerprint density at radius 2 is 1.76 bits per heavy atom. The molecule has 1 aromatic heterocycles. The van der Waals surface area contributed by atoms with Gasteiger partial charge in [-0.25, -0.2) is 4.98 Å². The van der Waals surface area contributed by atoms with E-state index in [4.69, 9.17) is 5.41 Å². The second-order valence-corrected chi connectivity index (χ2v) is 11.3. The molecule has 0 unspecified atom stereocenters. The third-order valence-corrected chi connectivity index (χ3v) is 8.12. The van der Waals surface area contributed by atoms with Gasteiger partial charge in [-0.05, 0) is 53.8 Å². The van der Waals surface area contributed by atoms with E-state index in [1.807, 2.05) is 61.1 Å². The van der Waals surface area contributed by atoms with E-state index < -0.39 is 6.04 Å². The minimum atomic E-state index is -0.710. The SMILES string of the molecule is CNC(=N)SCCC[C@H](NC(=O)c1ccc(CNCc2nccn2C)cc1)C(=O)N[C@@H](C)c1cccc2ccccc12. The Balaban J connectivity index is 1.39. The Kier molecular flexibility index (Phi) is 11.1. The molecule has 2 atom stereocenters. The maximum Gasteiger partial charge on any atom is 0.251 e. The van der Waals surface area contributed by atoms with Gasteiger partial charge < -0.3 is 25.8 Å². The van der Waals surface area contributed by atoms with Crippen LogP contribution in [-0.2, 0) is 24.9 Å². The summed E-state index contributed by atoms with van der Waals surface area (Å²) in [6.07, 6.45) is 4.80. The van der Waals surface area contributed by atoms with Crippen molar-refractivity contribution in [1.82, 2.24) is 30.8 Å². The first-order chi connectivity index (χ1) is 20.4. The summed E-state index contributed by atoms with van der Waals surface area (Å²) in [7, 11) is 3.67. The van der Waals surface area contributed by atoms with Crippen LogP contribution in [0.25, 0.3) is 10.8 Å². The third-order valence-electron chi connectivity index (χ3n) is 7.13. The molecule has 9 nitrogen and oxygen atoms in total. The van der Waals surface area contributed by atoms with Gasteiger partial charge in [-0.2, -0.15) is 0 Å². The highest BCUT2D eigenvalue weighted by atomic mass is 32.2. The van der Waals surface area contributed by atoms with E-state index in [9.17, 15) is 9.59 Å². The van der Waals surface area contributed by atoms with Crippen LogP contribution in [0.4, 0.5) is 0 Å². The summed E-state index contributed by atoms with van der Waals surface area (Å²) >= 11 is 1.38. The third kappa shape index (κ3) is 8.43. The summed E-state index contributed by atoms with van der Waals surface area (Å²) in [5.41, 5.74) is 2.56. The highest BCUT2D eigenvalue weighted by Crippen LogP contribution is 2.24. The predicted octanol–water partition coefficient (Wildman–Crippen LogP) is 4.51. The van der Waals surface area contributed by atoms with Gasteiger partial charge in [0.2, 0.25) is 5.91 Å². The maximum absolute atomic E-state index is 13.5. The predicted molar refractivity (Wildman–Crippen MR) is 170 cm³/mol. The molecule has 0 saturated carbocycles. The van der Waals surface area contributed by atoms with Gasteiger partial charge in [0.15, 0.2) is 5.17 Å². The van der Waals surface area contributed by atoms with Crippen LogP contribution in [0.15, 0.2) is 79.1 Å². The van der Waals surface area contributed by atoms with E-state index in [1.54, 1.807) is 25.4 Å². The number of benzene rings is 3.